The second-order valence-corrected chi connectivity index (χ2v) is 8.87. The number of amides is 2. The van der Waals surface area contributed by atoms with Gasteiger partial charge in [0, 0.05) is 36.5 Å². The SMILES string of the molecule is Cc1nc(COc2ccc(/C=C/C(=O)N3CCC(C(=O)NC(C)C)CC3)cc2)cs1. The Kier molecular flexibility index (Phi) is 7.63. The van der Waals surface area contributed by atoms with Crippen LogP contribution in [0.2, 0.25) is 0 Å². The summed E-state index contributed by atoms with van der Waals surface area (Å²) in [7, 11) is 0. The molecule has 6 nitrogen and oxygen atoms in total. The fourth-order valence-electron chi connectivity index (χ4n) is 3.34. The summed E-state index contributed by atoms with van der Waals surface area (Å²) in [5.74, 6) is 0.851. The van der Waals surface area contributed by atoms with Crippen LogP contribution in [-0.4, -0.2) is 40.8 Å². The van der Waals surface area contributed by atoms with E-state index in [9.17, 15) is 9.59 Å². The second-order valence-electron chi connectivity index (χ2n) is 7.81. The van der Waals surface area contributed by atoms with Crippen LogP contribution in [0.25, 0.3) is 6.08 Å². The predicted molar refractivity (Wildman–Crippen MR) is 119 cm³/mol. The lowest BCUT2D eigenvalue weighted by atomic mass is 9.95. The Hall–Kier alpha value is -2.67. The summed E-state index contributed by atoms with van der Waals surface area (Å²) in [6.07, 6.45) is 4.83. The molecule has 0 saturated carbocycles. The van der Waals surface area contributed by atoms with Gasteiger partial charge in [-0.05, 0) is 57.4 Å². The van der Waals surface area contributed by atoms with E-state index in [4.69, 9.17) is 4.74 Å². The van der Waals surface area contributed by atoms with E-state index in [0.29, 0.717) is 32.5 Å². The van der Waals surface area contributed by atoms with Gasteiger partial charge in [-0.2, -0.15) is 0 Å². The number of nitrogens with zero attached hydrogens (tertiary/aromatic N) is 2. The molecular weight excluding hydrogens is 398 g/mol. The first-order valence-corrected chi connectivity index (χ1v) is 11.2. The highest BCUT2D eigenvalue weighted by molar-refractivity contribution is 7.09. The molecule has 1 aliphatic heterocycles. The maximum Gasteiger partial charge on any atom is 0.246 e. The van der Waals surface area contributed by atoms with E-state index in [1.54, 1.807) is 17.4 Å². The van der Waals surface area contributed by atoms with E-state index in [1.165, 1.54) is 0 Å². The molecule has 1 saturated heterocycles. The largest absolute Gasteiger partial charge is 0.487 e. The molecule has 3 rings (SSSR count). The van der Waals surface area contributed by atoms with Crippen molar-refractivity contribution in [3.05, 3.63) is 52.0 Å². The highest BCUT2D eigenvalue weighted by Crippen LogP contribution is 2.19. The van der Waals surface area contributed by atoms with Gasteiger partial charge in [0.1, 0.15) is 12.4 Å². The first-order chi connectivity index (χ1) is 14.4. The molecule has 30 heavy (non-hydrogen) atoms. The molecule has 1 aromatic heterocycles. The van der Waals surface area contributed by atoms with Gasteiger partial charge in [0.05, 0.1) is 10.7 Å². The number of thiazole rings is 1. The van der Waals surface area contributed by atoms with Gasteiger partial charge in [-0.3, -0.25) is 9.59 Å². The number of aromatic nitrogens is 1. The molecule has 1 N–H and O–H groups in total. The summed E-state index contributed by atoms with van der Waals surface area (Å²) in [6.45, 7) is 7.57. The van der Waals surface area contributed by atoms with Gasteiger partial charge in [-0.1, -0.05) is 12.1 Å². The number of likely N-dealkylation sites (tertiary alicyclic amines) is 1. The van der Waals surface area contributed by atoms with Crippen molar-refractivity contribution in [1.82, 2.24) is 15.2 Å². The fourth-order valence-corrected chi connectivity index (χ4v) is 3.94. The molecule has 160 valence electrons. The maximum atomic E-state index is 12.5. The van der Waals surface area contributed by atoms with Gasteiger partial charge < -0.3 is 15.0 Å². The molecule has 0 spiro atoms. The number of piperidine rings is 1. The number of hydrogen-bond acceptors (Lipinski definition) is 5. The van der Waals surface area contributed by atoms with E-state index in [1.807, 2.05) is 61.4 Å². The maximum absolute atomic E-state index is 12.5. The van der Waals surface area contributed by atoms with Gasteiger partial charge in [-0.15, -0.1) is 11.3 Å². The predicted octanol–water partition coefficient (Wildman–Crippen LogP) is 3.81. The summed E-state index contributed by atoms with van der Waals surface area (Å²) in [4.78, 5) is 30.8. The zero-order valence-electron chi connectivity index (χ0n) is 17.8. The summed E-state index contributed by atoms with van der Waals surface area (Å²) >= 11 is 1.61. The Labute approximate surface area is 182 Å². The third-order valence-electron chi connectivity index (χ3n) is 4.96. The first kappa shape index (κ1) is 22.0. The summed E-state index contributed by atoms with van der Waals surface area (Å²) in [5, 5.41) is 5.98. The third-order valence-corrected chi connectivity index (χ3v) is 5.78. The third kappa shape index (κ3) is 6.42. The number of benzene rings is 1. The summed E-state index contributed by atoms with van der Waals surface area (Å²) in [5.41, 5.74) is 1.86. The summed E-state index contributed by atoms with van der Waals surface area (Å²) < 4.78 is 5.75. The number of carbonyl (C=O) groups is 2. The number of ether oxygens (including phenoxy) is 1. The van der Waals surface area contributed by atoms with Crippen molar-refractivity contribution in [3.63, 3.8) is 0 Å². The molecule has 0 atom stereocenters. The van der Waals surface area contributed by atoms with Crippen LogP contribution in [0.4, 0.5) is 0 Å². The number of rotatable bonds is 7. The van der Waals surface area contributed by atoms with Crippen molar-refractivity contribution in [2.75, 3.05) is 13.1 Å². The van der Waals surface area contributed by atoms with Crippen LogP contribution in [0.15, 0.2) is 35.7 Å². The van der Waals surface area contributed by atoms with Crippen molar-refractivity contribution in [2.45, 2.75) is 46.3 Å². The normalized spacial score (nSPS) is 15.0. The van der Waals surface area contributed by atoms with Crippen LogP contribution in [0.3, 0.4) is 0 Å². The minimum atomic E-state index is -0.0167. The minimum Gasteiger partial charge on any atom is -0.487 e. The van der Waals surface area contributed by atoms with Gasteiger partial charge in [0.25, 0.3) is 0 Å². The molecule has 1 aliphatic rings. The van der Waals surface area contributed by atoms with Crippen LogP contribution in [0.1, 0.15) is 43.0 Å². The van der Waals surface area contributed by atoms with Crippen molar-refractivity contribution < 1.29 is 14.3 Å². The van der Waals surface area contributed by atoms with Crippen molar-refractivity contribution in [3.8, 4) is 5.75 Å². The molecule has 2 aromatic rings. The van der Waals surface area contributed by atoms with Crippen LogP contribution < -0.4 is 10.1 Å². The van der Waals surface area contributed by atoms with E-state index < -0.39 is 0 Å². The van der Waals surface area contributed by atoms with Crippen molar-refractivity contribution in [2.24, 2.45) is 5.92 Å². The highest BCUT2D eigenvalue weighted by atomic mass is 32.1. The van der Waals surface area contributed by atoms with Crippen LogP contribution in [0.5, 0.6) is 5.75 Å². The Morgan fingerprint density at radius 1 is 1.27 bits per heavy atom. The molecular formula is C23H29N3O3S. The van der Waals surface area contributed by atoms with E-state index >= 15 is 0 Å². The smallest absolute Gasteiger partial charge is 0.246 e. The molecule has 2 amide bonds. The Bertz CT molecular complexity index is 881. The first-order valence-electron chi connectivity index (χ1n) is 10.3. The number of aryl methyl sites for hydroxylation is 1. The monoisotopic (exact) mass is 427 g/mol. The molecule has 2 heterocycles. The lowest BCUT2D eigenvalue weighted by molar-refractivity contribution is -0.132. The van der Waals surface area contributed by atoms with E-state index in [0.717, 1.165) is 22.0 Å². The Morgan fingerprint density at radius 3 is 2.57 bits per heavy atom. The molecule has 0 bridgehead atoms. The summed E-state index contributed by atoms with van der Waals surface area (Å²) in [6, 6.07) is 7.78. The number of nitrogens with one attached hydrogen (secondary N) is 1. The molecule has 7 heteroatoms. The minimum absolute atomic E-state index is 0.00108. The van der Waals surface area contributed by atoms with Crippen LogP contribution in [-0.2, 0) is 16.2 Å². The molecule has 1 aromatic carbocycles. The van der Waals surface area contributed by atoms with E-state index in [-0.39, 0.29) is 23.8 Å². The highest BCUT2D eigenvalue weighted by Gasteiger charge is 2.26. The standard InChI is InChI=1S/C23H29N3O3S/c1-16(2)24-23(28)19-10-12-26(13-11-19)22(27)9-6-18-4-7-21(8-5-18)29-14-20-15-30-17(3)25-20/h4-9,15-16,19H,10-14H2,1-3H3,(H,24,28)/b9-6+. The molecule has 0 unspecified atom stereocenters. The molecule has 0 radical (unpaired) electrons. The lowest BCUT2D eigenvalue weighted by Gasteiger charge is -2.31. The lowest BCUT2D eigenvalue weighted by Crippen LogP contribution is -2.43. The van der Waals surface area contributed by atoms with Gasteiger partial charge in [-0.25, -0.2) is 4.98 Å². The fraction of sp³-hybridized carbons (Fsp3) is 0.435. The van der Waals surface area contributed by atoms with Gasteiger partial charge in [0.15, 0.2) is 0 Å². The van der Waals surface area contributed by atoms with Gasteiger partial charge >= 0.3 is 0 Å². The number of hydrogen-bond donors (Lipinski definition) is 1. The Balaban J connectivity index is 1.45. The average molecular weight is 428 g/mol. The number of carbonyl (C=O) groups excluding carboxylic acids is 2. The van der Waals surface area contributed by atoms with Gasteiger partial charge in [0.2, 0.25) is 11.8 Å². The second kappa shape index (κ2) is 10.4. The van der Waals surface area contributed by atoms with E-state index in [2.05, 4.69) is 10.3 Å². The van der Waals surface area contributed by atoms with Crippen molar-refractivity contribution in [1.29, 1.82) is 0 Å². The zero-order chi connectivity index (χ0) is 21.5. The Morgan fingerprint density at radius 2 is 1.97 bits per heavy atom. The topological polar surface area (TPSA) is 71.5 Å². The van der Waals surface area contributed by atoms with Crippen LogP contribution in [0, 0.1) is 12.8 Å². The van der Waals surface area contributed by atoms with Crippen molar-refractivity contribution >= 4 is 29.2 Å². The average Bonchev–Trinajstić information content (AvgIpc) is 3.16. The van der Waals surface area contributed by atoms with Crippen LogP contribution >= 0.6 is 11.3 Å². The molecule has 0 aliphatic carbocycles. The zero-order valence-corrected chi connectivity index (χ0v) is 18.6. The molecule has 1 fully saturated rings. The quantitative estimate of drug-likeness (QED) is 0.682.